The number of nitrogens with zero attached hydrogens (tertiary/aromatic N) is 2. The van der Waals surface area contributed by atoms with Crippen molar-refractivity contribution in [3.05, 3.63) is 132 Å². The van der Waals surface area contributed by atoms with E-state index in [0.29, 0.717) is 12.8 Å². The number of β-lactam (4-membered cyclic amide) rings is 1. The fraction of sp³-hybridized carbons (Fsp3) is 0.235. The number of hydrogen-bond donors (Lipinski definition) is 0. The van der Waals surface area contributed by atoms with Gasteiger partial charge in [0.2, 0.25) is 11.4 Å². The van der Waals surface area contributed by atoms with Crippen LogP contribution in [0.15, 0.2) is 115 Å². The molecule has 0 aliphatic carbocycles. The number of ether oxygens (including phenoxy) is 3. The number of carbonyl (C=O) groups excluding carboxylic acids is 4. The highest BCUT2D eigenvalue weighted by molar-refractivity contribution is 5.96. The molecule has 2 atom stereocenters. The van der Waals surface area contributed by atoms with Crippen LogP contribution in [0.1, 0.15) is 29.5 Å². The molecule has 0 radical (unpaired) electrons. The zero-order valence-electron chi connectivity index (χ0n) is 23.5. The molecule has 2 heterocycles. The lowest BCUT2D eigenvalue weighted by Gasteiger charge is -2.41. The number of hydrogen-bond acceptors (Lipinski definition) is 7. The molecule has 220 valence electrons. The van der Waals surface area contributed by atoms with E-state index in [0.717, 1.165) is 22.8 Å². The lowest BCUT2D eigenvalue weighted by molar-refractivity contribution is -0.174. The molecular formula is C34H32N2O7. The van der Waals surface area contributed by atoms with Gasteiger partial charge in [-0.05, 0) is 16.7 Å². The minimum absolute atomic E-state index is 0.00961. The van der Waals surface area contributed by atoms with E-state index in [1.165, 1.54) is 4.90 Å². The van der Waals surface area contributed by atoms with Crippen molar-refractivity contribution >= 4 is 24.3 Å². The van der Waals surface area contributed by atoms with Gasteiger partial charge in [0, 0.05) is 25.6 Å². The summed E-state index contributed by atoms with van der Waals surface area (Å²) < 4.78 is 17.1. The van der Waals surface area contributed by atoms with Crippen LogP contribution in [-0.2, 0) is 48.4 Å². The third kappa shape index (κ3) is 6.67. The van der Waals surface area contributed by atoms with Gasteiger partial charge in [-0.25, -0.2) is 9.59 Å². The van der Waals surface area contributed by atoms with Crippen molar-refractivity contribution in [2.75, 3.05) is 6.54 Å². The molecular weight excluding hydrogens is 548 g/mol. The van der Waals surface area contributed by atoms with Gasteiger partial charge in [0.15, 0.2) is 6.23 Å². The second-order valence-corrected chi connectivity index (χ2v) is 10.2. The molecule has 43 heavy (non-hydrogen) atoms. The highest BCUT2D eigenvalue weighted by atomic mass is 16.6. The Hall–Kier alpha value is -5.18. The van der Waals surface area contributed by atoms with Crippen LogP contribution in [0.25, 0.3) is 0 Å². The van der Waals surface area contributed by atoms with E-state index in [1.54, 1.807) is 17.1 Å². The standard InChI is InChI=1S/C34H32N2O7/c37-21-18-29-34(36-30(38)22-31(36)43-29,32(39)41-24-27-14-6-2-7-15-27)19-10-11-20-35(23-26-12-4-1-5-13-26)33(40)42-25-28-16-8-3-9-17-28/h1-18,21,31H,19-20,22-25H2/t31-,34?/m1/s1. The molecule has 0 aromatic heterocycles. The van der Waals surface area contributed by atoms with E-state index in [-0.39, 0.29) is 44.3 Å². The monoisotopic (exact) mass is 580 g/mol. The van der Waals surface area contributed by atoms with Gasteiger partial charge in [-0.3, -0.25) is 14.5 Å². The van der Waals surface area contributed by atoms with Crippen molar-refractivity contribution in [2.45, 2.75) is 44.4 Å². The Kier molecular flexibility index (Phi) is 9.31. The first-order valence-electron chi connectivity index (χ1n) is 14.0. The molecule has 0 spiro atoms. The molecule has 0 saturated carbocycles. The summed E-state index contributed by atoms with van der Waals surface area (Å²) in [7, 11) is 0. The molecule has 2 aliphatic rings. The smallest absolute Gasteiger partial charge is 0.410 e. The van der Waals surface area contributed by atoms with Crippen molar-refractivity contribution in [2.24, 2.45) is 0 Å². The predicted octanol–water partition coefficient (Wildman–Crippen LogP) is 4.93. The maximum atomic E-state index is 13.7. The number of carbonyl (C=O) groups is 4. The first-order valence-corrected chi connectivity index (χ1v) is 14.0. The predicted molar refractivity (Wildman–Crippen MR) is 157 cm³/mol. The van der Waals surface area contributed by atoms with Gasteiger partial charge < -0.3 is 19.1 Å². The number of esters is 1. The minimum Gasteiger partial charge on any atom is -0.471 e. The third-order valence-corrected chi connectivity index (χ3v) is 7.34. The molecule has 2 amide bonds. The topological polar surface area (TPSA) is 102 Å². The quantitative estimate of drug-likeness (QED) is 0.0985. The zero-order valence-corrected chi connectivity index (χ0v) is 23.5. The first-order chi connectivity index (χ1) is 21.0. The highest BCUT2D eigenvalue weighted by Gasteiger charge is 2.64. The molecule has 0 N–H and O–H groups in total. The minimum atomic E-state index is -1.63. The van der Waals surface area contributed by atoms with Gasteiger partial charge in [-0.1, -0.05) is 103 Å². The van der Waals surface area contributed by atoms with Gasteiger partial charge in [-0.2, -0.15) is 0 Å². The van der Waals surface area contributed by atoms with Crippen LogP contribution in [0.5, 0.6) is 0 Å². The molecule has 0 bridgehead atoms. The molecule has 5 rings (SSSR count). The van der Waals surface area contributed by atoms with E-state index in [1.807, 2.05) is 91.0 Å². The molecule has 9 nitrogen and oxygen atoms in total. The zero-order chi connectivity index (χ0) is 30.1. The fourth-order valence-electron chi connectivity index (χ4n) is 5.14. The Balaban J connectivity index is 1.33. The number of allylic oxidation sites excluding steroid dienone is 1. The van der Waals surface area contributed by atoms with Crippen molar-refractivity contribution in [3.8, 4) is 0 Å². The van der Waals surface area contributed by atoms with Crippen molar-refractivity contribution < 1.29 is 33.4 Å². The van der Waals surface area contributed by atoms with Gasteiger partial charge in [0.25, 0.3) is 0 Å². The number of fused-ring (bicyclic) bond motifs is 1. The number of aldehydes is 1. The van der Waals surface area contributed by atoms with Crippen LogP contribution in [-0.4, -0.2) is 52.4 Å². The van der Waals surface area contributed by atoms with Gasteiger partial charge in [0.1, 0.15) is 25.3 Å². The Bertz CT molecular complexity index is 1490. The van der Waals surface area contributed by atoms with Crippen LogP contribution in [0.4, 0.5) is 4.79 Å². The summed E-state index contributed by atoms with van der Waals surface area (Å²) in [5.74, 6) is -0.919. The summed E-state index contributed by atoms with van der Waals surface area (Å²) in [5, 5.41) is 0. The average Bonchev–Trinajstić information content (AvgIpc) is 3.29. The van der Waals surface area contributed by atoms with E-state index >= 15 is 0 Å². The second kappa shape index (κ2) is 13.7. The van der Waals surface area contributed by atoms with E-state index < -0.39 is 23.8 Å². The molecule has 3 aromatic rings. The molecule has 3 aromatic carbocycles. The van der Waals surface area contributed by atoms with Gasteiger partial charge >= 0.3 is 12.1 Å². The van der Waals surface area contributed by atoms with E-state index in [2.05, 4.69) is 0 Å². The van der Waals surface area contributed by atoms with Crippen molar-refractivity contribution in [3.63, 3.8) is 0 Å². The van der Waals surface area contributed by atoms with E-state index in [9.17, 15) is 19.2 Å². The summed E-state index contributed by atoms with van der Waals surface area (Å²) in [4.78, 5) is 53.9. The van der Waals surface area contributed by atoms with Crippen LogP contribution in [0.3, 0.4) is 0 Å². The van der Waals surface area contributed by atoms with Crippen LogP contribution >= 0.6 is 0 Å². The fourth-order valence-corrected chi connectivity index (χ4v) is 5.14. The van der Waals surface area contributed by atoms with Crippen molar-refractivity contribution in [1.82, 2.24) is 9.80 Å². The number of rotatable bonds is 12. The molecule has 2 saturated heterocycles. The normalized spacial score (nSPS) is 19.8. The maximum absolute atomic E-state index is 13.7. The molecule has 1 unspecified atom stereocenters. The van der Waals surface area contributed by atoms with Crippen LogP contribution < -0.4 is 0 Å². The average molecular weight is 581 g/mol. The number of benzene rings is 3. The summed E-state index contributed by atoms with van der Waals surface area (Å²) >= 11 is 0. The second-order valence-electron chi connectivity index (χ2n) is 10.2. The largest absolute Gasteiger partial charge is 0.471 e. The van der Waals surface area contributed by atoms with Crippen molar-refractivity contribution in [1.29, 1.82) is 0 Å². The Morgan fingerprint density at radius 3 is 2.02 bits per heavy atom. The summed E-state index contributed by atoms with van der Waals surface area (Å²) in [6, 6.07) is 28.1. The maximum Gasteiger partial charge on any atom is 0.410 e. The Morgan fingerprint density at radius 2 is 1.44 bits per heavy atom. The number of amides is 2. The SMILES string of the molecule is O=CC=C1O[C@@H]2CC(=O)N2C1(CC=CCN(Cc1ccccc1)C(=O)OCc1ccccc1)C(=O)OCc1ccccc1. The third-order valence-electron chi connectivity index (χ3n) is 7.34. The van der Waals surface area contributed by atoms with E-state index in [4.69, 9.17) is 14.2 Å². The highest BCUT2D eigenvalue weighted by Crippen LogP contribution is 2.47. The molecule has 9 heteroatoms. The summed E-state index contributed by atoms with van der Waals surface area (Å²) in [5.41, 5.74) is 0.928. The first kappa shape index (κ1) is 29.3. The van der Waals surface area contributed by atoms with Crippen LogP contribution in [0, 0.1) is 0 Å². The lowest BCUT2D eigenvalue weighted by atomic mass is 9.88. The Labute approximate surface area is 250 Å². The van der Waals surface area contributed by atoms with Crippen LogP contribution in [0.2, 0.25) is 0 Å². The molecule has 2 fully saturated rings. The lowest BCUT2D eigenvalue weighted by Crippen LogP contribution is -2.63. The molecule has 2 aliphatic heterocycles. The summed E-state index contributed by atoms with van der Waals surface area (Å²) in [6.07, 6.45) is 4.05. The van der Waals surface area contributed by atoms with Gasteiger partial charge in [-0.15, -0.1) is 0 Å². The summed E-state index contributed by atoms with van der Waals surface area (Å²) in [6.45, 7) is 0.586. The van der Waals surface area contributed by atoms with Gasteiger partial charge in [0.05, 0.1) is 6.42 Å². The Morgan fingerprint density at radius 1 is 0.860 bits per heavy atom.